The van der Waals surface area contributed by atoms with Crippen LogP contribution in [0.25, 0.3) is 16.5 Å². The number of thiocarbonyl (C=S) groups is 1. The van der Waals surface area contributed by atoms with E-state index in [9.17, 15) is 9.90 Å². The summed E-state index contributed by atoms with van der Waals surface area (Å²) in [6.07, 6.45) is 1.81. The molecule has 2 fully saturated rings. The molecule has 2 bridgehead atoms. The Labute approximate surface area is 203 Å². The van der Waals surface area contributed by atoms with Crippen LogP contribution < -0.4 is 11.0 Å². The highest BCUT2D eigenvalue weighted by molar-refractivity contribution is 7.80. The Morgan fingerprint density at radius 2 is 1.94 bits per heavy atom. The average Bonchev–Trinajstić information content (AvgIpc) is 3.53. The van der Waals surface area contributed by atoms with E-state index in [1.165, 1.54) is 4.57 Å². The van der Waals surface area contributed by atoms with Gasteiger partial charge in [0.1, 0.15) is 5.69 Å². The molecule has 6 rings (SSSR count). The zero-order valence-electron chi connectivity index (χ0n) is 19.0. The third kappa shape index (κ3) is 3.50. The minimum absolute atomic E-state index is 0.0164. The van der Waals surface area contributed by atoms with E-state index >= 15 is 0 Å². The lowest BCUT2D eigenvalue weighted by atomic mass is 10.1. The summed E-state index contributed by atoms with van der Waals surface area (Å²) in [6, 6.07) is 13.7. The molecule has 3 aliphatic rings. The van der Waals surface area contributed by atoms with Crippen LogP contribution in [0.5, 0.6) is 5.88 Å². The number of benzene rings is 2. The van der Waals surface area contributed by atoms with Crippen molar-refractivity contribution in [2.75, 3.05) is 45.9 Å². The van der Waals surface area contributed by atoms with Gasteiger partial charge in [-0.2, -0.15) is 0 Å². The van der Waals surface area contributed by atoms with E-state index in [0.717, 1.165) is 63.0 Å². The summed E-state index contributed by atoms with van der Waals surface area (Å²) in [5.41, 5.74) is 1.20. The van der Waals surface area contributed by atoms with Gasteiger partial charge in [-0.3, -0.25) is 9.47 Å². The van der Waals surface area contributed by atoms with E-state index in [-0.39, 0.29) is 23.7 Å². The van der Waals surface area contributed by atoms with Crippen LogP contribution in [0.2, 0.25) is 0 Å². The first kappa shape index (κ1) is 21.6. The molecular weight excluding hydrogens is 450 g/mol. The molecule has 8 nitrogen and oxygen atoms in total. The Balaban J connectivity index is 1.21. The van der Waals surface area contributed by atoms with Gasteiger partial charge in [0.15, 0.2) is 5.11 Å². The van der Waals surface area contributed by atoms with E-state index < -0.39 is 0 Å². The minimum Gasteiger partial charge on any atom is -0.493 e. The topological polar surface area (TPSA) is 74.9 Å². The first-order chi connectivity index (χ1) is 16.6. The fraction of sp³-hybridized carbons (Fsp3) is 0.440. The zero-order chi connectivity index (χ0) is 23.2. The van der Waals surface area contributed by atoms with E-state index in [4.69, 9.17) is 17.0 Å². The normalized spacial score (nSPS) is 21.8. The molecule has 9 heteroatoms. The predicted octanol–water partition coefficient (Wildman–Crippen LogP) is 2.40. The number of morpholine rings is 1. The molecule has 34 heavy (non-hydrogen) atoms. The Bertz CT molecular complexity index is 1290. The van der Waals surface area contributed by atoms with Crippen LogP contribution in [-0.2, 0) is 4.74 Å². The van der Waals surface area contributed by atoms with Gasteiger partial charge in [-0.05, 0) is 43.1 Å². The van der Waals surface area contributed by atoms with Crippen molar-refractivity contribution in [2.24, 2.45) is 0 Å². The van der Waals surface area contributed by atoms with Gasteiger partial charge in [0.05, 0.1) is 31.0 Å². The monoisotopic (exact) mass is 479 g/mol. The first-order valence-corrected chi connectivity index (χ1v) is 12.4. The third-order valence-corrected chi connectivity index (χ3v) is 7.74. The number of nitrogens with zero attached hydrogens (tertiary/aromatic N) is 4. The van der Waals surface area contributed by atoms with Crippen molar-refractivity contribution in [3.8, 4) is 11.6 Å². The van der Waals surface area contributed by atoms with Crippen LogP contribution in [0.15, 0.2) is 47.3 Å². The maximum absolute atomic E-state index is 13.4. The summed E-state index contributed by atoms with van der Waals surface area (Å²) in [5.74, 6) is 0.0219. The highest BCUT2D eigenvalue weighted by Crippen LogP contribution is 2.48. The van der Waals surface area contributed by atoms with Gasteiger partial charge >= 0.3 is 5.69 Å². The number of imidazole rings is 1. The molecule has 2 atom stereocenters. The Morgan fingerprint density at radius 3 is 2.79 bits per heavy atom. The molecule has 0 saturated carbocycles. The number of aromatic nitrogens is 2. The second-order valence-electron chi connectivity index (χ2n) is 9.29. The summed E-state index contributed by atoms with van der Waals surface area (Å²) in [7, 11) is 0. The average molecular weight is 480 g/mol. The minimum atomic E-state index is -0.180. The largest absolute Gasteiger partial charge is 0.493 e. The summed E-state index contributed by atoms with van der Waals surface area (Å²) in [6.45, 7) is 6.12. The van der Waals surface area contributed by atoms with Crippen molar-refractivity contribution in [1.29, 1.82) is 0 Å². The lowest BCUT2D eigenvalue weighted by molar-refractivity contribution is 0.0375. The number of likely N-dealkylation sites (tertiary alicyclic amines) is 1. The summed E-state index contributed by atoms with van der Waals surface area (Å²) in [5, 5.41) is 17.3. The van der Waals surface area contributed by atoms with Crippen molar-refractivity contribution < 1.29 is 9.84 Å². The smallest absolute Gasteiger partial charge is 0.336 e. The molecule has 2 saturated heterocycles. The Morgan fingerprint density at radius 1 is 1.15 bits per heavy atom. The standard InChI is InChI=1S/C25H29N5O3S/c31-23-22-21-15-18(16-28(21)24(34)26-9-4-10-27-11-13-33-14-12-27)29(22)25(32)30(23)20-8-3-6-17-5-1-2-7-19(17)20/h1-3,5-8,18,21,31H,4,9-16H2,(H,26,34)/t18-,21?/m1/s1. The van der Waals surface area contributed by atoms with Crippen LogP contribution in [0.1, 0.15) is 30.6 Å². The second-order valence-corrected chi connectivity index (χ2v) is 9.68. The number of fused-ring (bicyclic) bond motifs is 6. The van der Waals surface area contributed by atoms with Crippen molar-refractivity contribution in [2.45, 2.75) is 24.9 Å². The van der Waals surface area contributed by atoms with E-state index in [0.29, 0.717) is 23.0 Å². The number of ether oxygens (including phenoxy) is 1. The summed E-state index contributed by atoms with van der Waals surface area (Å²) < 4.78 is 8.64. The highest BCUT2D eigenvalue weighted by Gasteiger charge is 2.48. The highest BCUT2D eigenvalue weighted by atomic mass is 32.1. The number of rotatable bonds is 5. The lowest BCUT2D eigenvalue weighted by Gasteiger charge is -2.30. The van der Waals surface area contributed by atoms with Crippen molar-refractivity contribution >= 4 is 28.1 Å². The van der Waals surface area contributed by atoms with E-state index in [2.05, 4.69) is 15.1 Å². The zero-order valence-corrected chi connectivity index (χ0v) is 19.8. The molecule has 178 valence electrons. The molecule has 4 heterocycles. The van der Waals surface area contributed by atoms with Gasteiger partial charge in [0.25, 0.3) is 0 Å². The predicted molar refractivity (Wildman–Crippen MR) is 135 cm³/mol. The van der Waals surface area contributed by atoms with Crippen molar-refractivity contribution in [1.82, 2.24) is 24.3 Å². The van der Waals surface area contributed by atoms with Crippen molar-refractivity contribution in [3.63, 3.8) is 0 Å². The number of hydrogen-bond acceptors (Lipinski definition) is 5. The quantitative estimate of drug-likeness (QED) is 0.430. The maximum Gasteiger partial charge on any atom is 0.336 e. The lowest BCUT2D eigenvalue weighted by Crippen LogP contribution is -2.44. The van der Waals surface area contributed by atoms with Gasteiger partial charge in [-0.1, -0.05) is 36.4 Å². The van der Waals surface area contributed by atoms with Gasteiger partial charge in [-0.15, -0.1) is 0 Å². The molecule has 3 aliphatic heterocycles. The fourth-order valence-corrected chi connectivity index (χ4v) is 6.02. The summed E-state index contributed by atoms with van der Waals surface area (Å²) in [4.78, 5) is 18.0. The Hall–Kier alpha value is -2.88. The third-order valence-electron chi connectivity index (χ3n) is 7.36. The van der Waals surface area contributed by atoms with Crippen molar-refractivity contribution in [3.05, 3.63) is 58.6 Å². The molecule has 0 radical (unpaired) electrons. The number of aromatic hydroxyl groups is 1. The Kier molecular flexibility index (Phi) is 5.55. The van der Waals surface area contributed by atoms with Crippen LogP contribution >= 0.6 is 12.2 Å². The van der Waals surface area contributed by atoms with E-state index in [1.807, 2.05) is 42.5 Å². The van der Waals surface area contributed by atoms with Crippen LogP contribution in [0.3, 0.4) is 0 Å². The molecule has 0 spiro atoms. The molecule has 2 N–H and O–H groups in total. The fourth-order valence-electron chi connectivity index (χ4n) is 5.72. The van der Waals surface area contributed by atoms with Gasteiger partial charge in [0.2, 0.25) is 5.88 Å². The van der Waals surface area contributed by atoms with Gasteiger partial charge in [-0.25, -0.2) is 9.36 Å². The van der Waals surface area contributed by atoms with Gasteiger partial charge < -0.3 is 20.1 Å². The number of nitrogens with one attached hydrogen (secondary N) is 1. The molecule has 0 aliphatic carbocycles. The molecule has 0 amide bonds. The van der Waals surface area contributed by atoms with Gasteiger partial charge in [0, 0.05) is 31.6 Å². The van der Waals surface area contributed by atoms with Crippen LogP contribution in [0.4, 0.5) is 0 Å². The molecule has 3 aromatic rings. The molecular formula is C25H29N5O3S. The number of hydrogen-bond donors (Lipinski definition) is 2. The van der Waals surface area contributed by atoms with Crippen LogP contribution in [0, 0.1) is 0 Å². The molecule has 1 aromatic heterocycles. The SMILES string of the molecule is O=c1n(-c2cccc3ccccc23)c(O)c2n1[C@@H]1CC2N(C(=S)NCCCN2CCOCC2)C1. The molecule has 2 aromatic carbocycles. The molecule has 1 unspecified atom stereocenters. The summed E-state index contributed by atoms with van der Waals surface area (Å²) >= 11 is 5.72. The van der Waals surface area contributed by atoms with E-state index in [1.54, 1.807) is 4.57 Å². The maximum atomic E-state index is 13.4. The van der Waals surface area contributed by atoms with Crippen LogP contribution in [-0.4, -0.2) is 75.1 Å². The second kappa shape index (κ2) is 8.72. The first-order valence-electron chi connectivity index (χ1n) is 12.0.